The van der Waals surface area contributed by atoms with E-state index in [2.05, 4.69) is 27.2 Å². The van der Waals surface area contributed by atoms with E-state index < -0.39 is 0 Å². The third kappa shape index (κ3) is 4.61. The van der Waals surface area contributed by atoms with E-state index in [-0.39, 0.29) is 6.61 Å². The number of hydrogen-bond acceptors (Lipinski definition) is 6. The fourth-order valence-corrected chi connectivity index (χ4v) is 2.61. The Hall–Kier alpha value is -2.86. The molecule has 1 aromatic heterocycles. The molecule has 26 heavy (non-hydrogen) atoms. The van der Waals surface area contributed by atoms with E-state index in [1.54, 1.807) is 6.26 Å². The molecule has 1 N–H and O–H groups in total. The van der Waals surface area contributed by atoms with Crippen LogP contribution in [0.25, 0.3) is 11.5 Å². The Morgan fingerprint density at radius 1 is 1.19 bits per heavy atom. The van der Waals surface area contributed by atoms with Gasteiger partial charge in [-0.1, -0.05) is 29.4 Å². The van der Waals surface area contributed by atoms with E-state index in [0.29, 0.717) is 11.9 Å². The number of aliphatic hydroxyl groups is 1. The summed E-state index contributed by atoms with van der Waals surface area (Å²) in [7, 11) is 0. The Bertz CT molecular complexity index is 791. The highest BCUT2D eigenvalue weighted by molar-refractivity contribution is 5.54. The normalized spacial score (nSPS) is 18.7. The Kier molecular flexibility index (Phi) is 6.22. The summed E-state index contributed by atoms with van der Waals surface area (Å²) in [4.78, 5) is 2.08. The molecule has 0 saturated carbocycles. The first-order valence-electron chi connectivity index (χ1n) is 8.73. The zero-order valence-corrected chi connectivity index (χ0v) is 14.8. The summed E-state index contributed by atoms with van der Waals surface area (Å²) >= 11 is 0. The van der Waals surface area contributed by atoms with Gasteiger partial charge in [-0.05, 0) is 49.6 Å². The number of nitrogens with zero attached hydrogens (tertiary/aromatic N) is 3. The highest BCUT2D eigenvalue weighted by atomic mass is 16.5. The van der Waals surface area contributed by atoms with Crippen molar-refractivity contribution in [3.63, 3.8) is 0 Å². The van der Waals surface area contributed by atoms with Crippen LogP contribution >= 0.6 is 0 Å². The molecule has 0 fully saturated rings. The van der Waals surface area contributed by atoms with Crippen molar-refractivity contribution in [2.24, 2.45) is 0 Å². The van der Waals surface area contributed by atoms with Crippen LogP contribution < -0.4 is 4.90 Å². The number of aliphatic hydroxyl groups excluding tert-OH is 1. The zero-order valence-electron chi connectivity index (χ0n) is 14.8. The molecule has 0 amide bonds. The quantitative estimate of drug-likeness (QED) is 0.824. The maximum absolute atomic E-state index is 9.13. The minimum absolute atomic E-state index is 0.0178. The third-order valence-corrected chi connectivity index (χ3v) is 4.00. The molecule has 0 saturated heterocycles. The molecule has 136 valence electrons. The molecule has 0 aliphatic carbocycles. The van der Waals surface area contributed by atoms with Gasteiger partial charge in [0.1, 0.15) is 5.76 Å². The van der Waals surface area contributed by atoms with Gasteiger partial charge in [0.25, 0.3) is 0 Å². The molecule has 0 spiro atoms. The zero-order chi connectivity index (χ0) is 18.2. The van der Waals surface area contributed by atoms with Crippen molar-refractivity contribution in [1.29, 1.82) is 0 Å². The summed E-state index contributed by atoms with van der Waals surface area (Å²) in [6.45, 7) is 3.51. The average Bonchev–Trinajstić information content (AvgIpc) is 3.19. The minimum Gasteiger partial charge on any atom is -0.466 e. The van der Waals surface area contributed by atoms with E-state index in [1.165, 1.54) is 0 Å². The van der Waals surface area contributed by atoms with Crippen LogP contribution in [0.2, 0.25) is 0 Å². The van der Waals surface area contributed by atoms with Gasteiger partial charge in [0.15, 0.2) is 0 Å². The SMILES string of the molecule is C/C=C/OC1=C/CCN(c2nnc(-c3ccc(CO)cc3)o2)CC/C=C\1. The van der Waals surface area contributed by atoms with Gasteiger partial charge < -0.3 is 19.2 Å². The van der Waals surface area contributed by atoms with Crippen molar-refractivity contribution in [2.45, 2.75) is 26.4 Å². The molecule has 6 heteroatoms. The number of anilines is 1. The third-order valence-electron chi connectivity index (χ3n) is 4.00. The monoisotopic (exact) mass is 353 g/mol. The molecule has 1 aromatic carbocycles. The fraction of sp³-hybridized carbons (Fsp3) is 0.300. The summed E-state index contributed by atoms with van der Waals surface area (Å²) < 4.78 is 11.4. The second-order valence-electron chi connectivity index (χ2n) is 5.91. The first-order valence-corrected chi connectivity index (χ1v) is 8.73. The summed E-state index contributed by atoms with van der Waals surface area (Å²) in [5.41, 5.74) is 1.69. The second kappa shape index (κ2) is 9.01. The van der Waals surface area contributed by atoms with Crippen LogP contribution in [0.5, 0.6) is 0 Å². The van der Waals surface area contributed by atoms with E-state index in [9.17, 15) is 0 Å². The second-order valence-corrected chi connectivity index (χ2v) is 5.91. The fourth-order valence-electron chi connectivity index (χ4n) is 2.61. The number of ether oxygens (including phenoxy) is 1. The van der Waals surface area contributed by atoms with Gasteiger partial charge in [-0.2, -0.15) is 0 Å². The van der Waals surface area contributed by atoms with Crippen LogP contribution in [-0.2, 0) is 11.3 Å². The molecule has 0 bridgehead atoms. The Labute approximate surface area is 153 Å². The lowest BCUT2D eigenvalue weighted by Crippen LogP contribution is -2.25. The average molecular weight is 353 g/mol. The van der Waals surface area contributed by atoms with Crippen LogP contribution in [-0.4, -0.2) is 28.4 Å². The van der Waals surface area contributed by atoms with E-state index >= 15 is 0 Å². The predicted octanol–water partition coefficient (Wildman–Crippen LogP) is 3.82. The summed E-state index contributed by atoms with van der Waals surface area (Å²) in [5, 5.41) is 17.5. The number of benzene rings is 1. The van der Waals surface area contributed by atoms with Crippen molar-refractivity contribution in [1.82, 2.24) is 10.2 Å². The van der Waals surface area contributed by atoms with Gasteiger partial charge >= 0.3 is 6.01 Å². The molecule has 0 radical (unpaired) electrons. The summed E-state index contributed by atoms with van der Waals surface area (Å²) in [6.07, 6.45) is 11.3. The smallest absolute Gasteiger partial charge is 0.318 e. The lowest BCUT2D eigenvalue weighted by molar-refractivity contribution is 0.282. The molecule has 1 aliphatic heterocycles. The maximum Gasteiger partial charge on any atom is 0.318 e. The van der Waals surface area contributed by atoms with E-state index in [0.717, 1.165) is 42.8 Å². The molecular formula is C20H23N3O3. The first-order chi connectivity index (χ1) is 12.8. The molecule has 0 unspecified atom stereocenters. The summed E-state index contributed by atoms with van der Waals surface area (Å²) in [5.74, 6) is 1.33. The van der Waals surface area contributed by atoms with E-state index in [4.69, 9.17) is 14.3 Å². The Morgan fingerprint density at radius 3 is 2.77 bits per heavy atom. The van der Waals surface area contributed by atoms with Gasteiger partial charge in [0.05, 0.1) is 12.9 Å². The minimum atomic E-state index is 0.0178. The standard InChI is InChI=1S/C20H23N3O3/c1-2-14-25-18-6-3-4-12-23(13-5-7-18)20-22-21-19(26-20)17-10-8-16(15-24)9-11-17/h2-3,6-11,14,24H,4-5,12-13,15H2,1H3/b6-3-,14-2+,18-7+. The molecule has 1 aliphatic rings. The molecule has 3 rings (SSSR count). The van der Waals surface area contributed by atoms with Crippen molar-refractivity contribution >= 4 is 6.01 Å². The van der Waals surface area contributed by atoms with Crippen LogP contribution in [0.3, 0.4) is 0 Å². The van der Waals surface area contributed by atoms with Crippen molar-refractivity contribution in [3.05, 3.63) is 66.2 Å². The lowest BCUT2D eigenvalue weighted by atomic mass is 10.1. The van der Waals surface area contributed by atoms with Gasteiger partial charge in [0.2, 0.25) is 5.89 Å². The lowest BCUT2D eigenvalue weighted by Gasteiger charge is -2.17. The van der Waals surface area contributed by atoms with Crippen molar-refractivity contribution in [2.75, 3.05) is 18.0 Å². The van der Waals surface area contributed by atoms with Crippen molar-refractivity contribution in [3.8, 4) is 11.5 Å². The van der Waals surface area contributed by atoms with Crippen LogP contribution in [0.4, 0.5) is 6.01 Å². The van der Waals surface area contributed by atoms with E-state index in [1.807, 2.05) is 43.3 Å². The largest absolute Gasteiger partial charge is 0.466 e. The van der Waals surface area contributed by atoms with Crippen LogP contribution in [0.1, 0.15) is 25.3 Å². The Balaban J connectivity index is 1.70. The highest BCUT2D eigenvalue weighted by Gasteiger charge is 2.15. The van der Waals surface area contributed by atoms with Gasteiger partial charge in [0, 0.05) is 18.7 Å². The van der Waals surface area contributed by atoms with Crippen LogP contribution in [0, 0.1) is 0 Å². The molecule has 6 nitrogen and oxygen atoms in total. The van der Waals surface area contributed by atoms with Gasteiger partial charge in [-0.15, -0.1) is 5.10 Å². The number of aromatic nitrogens is 2. The van der Waals surface area contributed by atoms with Gasteiger partial charge in [-0.25, -0.2) is 0 Å². The predicted molar refractivity (Wildman–Crippen MR) is 100 cm³/mol. The highest BCUT2D eigenvalue weighted by Crippen LogP contribution is 2.23. The van der Waals surface area contributed by atoms with Crippen LogP contribution in [0.15, 0.2) is 65.0 Å². The maximum atomic E-state index is 9.13. The van der Waals surface area contributed by atoms with Crippen molar-refractivity contribution < 1.29 is 14.3 Å². The first kappa shape index (κ1) is 17.9. The van der Waals surface area contributed by atoms with Gasteiger partial charge in [-0.3, -0.25) is 0 Å². The molecule has 2 aromatic rings. The summed E-state index contributed by atoms with van der Waals surface area (Å²) in [6, 6.07) is 7.96. The molecular weight excluding hydrogens is 330 g/mol. The Morgan fingerprint density at radius 2 is 2.00 bits per heavy atom. The number of allylic oxidation sites excluding steroid dienone is 2. The number of rotatable bonds is 5. The number of hydrogen-bond donors (Lipinski definition) is 1. The molecule has 2 heterocycles. The topological polar surface area (TPSA) is 71.6 Å². The molecule has 0 atom stereocenters.